The number of carbonyl (C=O) groups is 2. The van der Waals surface area contributed by atoms with E-state index in [9.17, 15) is 9.59 Å². The SMILES string of the molecule is CCOc1ccccc1OCC(=O)NNC(=O)C1(C)CC1(Cl)Cl. The zero-order valence-corrected chi connectivity index (χ0v) is 14.3. The molecule has 2 amide bonds. The summed E-state index contributed by atoms with van der Waals surface area (Å²) in [5.74, 6) is 0.0473. The third-order valence-electron chi connectivity index (χ3n) is 3.58. The molecule has 8 heteroatoms. The molecule has 0 aliphatic heterocycles. The summed E-state index contributed by atoms with van der Waals surface area (Å²) in [6.07, 6.45) is 0.336. The molecule has 0 radical (unpaired) electrons. The number of nitrogens with one attached hydrogen (secondary N) is 2. The summed E-state index contributed by atoms with van der Waals surface area (Å²) < 4.78 is 9.68. The van der Waals surface area contributed by atoms with Gasteiger partial charge in [-0.1, -0.05) is 12.1 Å². The Morgan fingerprint density at radius 1 is 1.17 bits per heavy atom. The number of hydrogen-bond acceptors (Lipinski definition) is 4. The lowest BCUT2D eigenvalue weighted by molar-refractivity contribution is -0.132. The number of para-hydroxylation sites is 2. The molecule has 2 rings (SSSR count). The van der Waals surface area contributed by atoms with Crippen molar-refractivity contribution in [1.82, 2.24) is 10.9 Å². The lowest BCUT2D eigenvalue weighted by atomic mass is 10.1. The van der Waals surface area contributed by atoms with Crippen LogP contribution in [0.3, 0.4) is 0 Å². The first kappa shape index (κ1) is 17.7. The first-order valence-corrected chi connectivity index (χ1v) is 7.87. The van der Waals surface area contributed by atoms with Crippen molar-refractivity contribution in [2.45, 2.75) is 24.6 Å². The standard InChI is InChI=1S/C15H18Cl2N2O4/c1-3-22-10-6-4-5-7-11(10)23-8-12(20)18-19-13(21)14(2)9-15(14,16)17/h4-7H,3,8-9H2,1-2H3,(H,18,20)(H,19,21). The maximum Gasteiger partial charge on any atom is 0.276 e. The van der Waals surface area contributed by atoms with Gasteiger partial charge >= 0.3 is 0 Å². The molecule has 1 aliphatic carbocycles. The molecular weight excluding hydrogens is 343 g/mol. The van der Waals surface area contributed by atoms with Gasteiger partial charge in [0.05, 0.1) is 12.0 Å². The van der Waals surface area contributed by atoms with Gasteiger partial charge in [-0.25, -0.2) is 0 Å². The van der Waals surface area contributed by atoms with Gasteiger partial charge in [-0.05, 0) is 32.4 Å². The molecule has 0 saturated heterocycles. The van der Waals surface area contributed by atoms with Crippen LogP contribution >= 0.6 is 23.2 Å². The van der Waals surface area contributed by atoms with E-state index in [1.165, 1.54) is 0 Å². The van der Waals surface area contributed by atoms with Crippen LogP contribution in [0.25, 0.3) is 0 Å². The average molecular weight is 361 g/mol. The third-order valence-corrected chi connectivity index (χ3v) is 4.68. The topological polar surface area (TPSA) is 76.7 Å². The number of halogens is 2. The number of amides is 2. The summed E-state index contributed by atoms with van der Waals surface area (Å²) in [7, 11) is 0. The minimum absolute atomic E-state index is 0.270. The van der Waals surface area contributed by atoms with E-state index in [2.05, 4.69) is 10.9 Å². The van der Waals surface area contributed by atoms with Crippen LogP contribution in [-0.4, -0.2) is 29.4 Å². The highest BCUT2D eigenvalue weighted by Crippen LogP contribution is 2.63. The molecule has 0 spiro atoms. The third kappa shape index (κ3) is 4.00. The second-order valence-corrected chi connectivity index (χ2v) is 6.87. The highest BCUT2D eigenvalue weighted by atomic mass is 35.5. The quantitative estimate of drug-likeness (QED) is 0.602. The largest absolute Gasteiger partial charge is 0.490 e. The Morgan fingerprint density at radius 2 is 1.74 bits per heavy atom. The van der Waals surface area contributed by atoms with Gasteiger partial charge in [0, 0.05) is 0 Å². The van der Waals surface area contributed by atoms with E-state index in [-0.39, 0.29) is 6.61 Å². The maximum absolute atomic E-state index is 11.9. The van der Waals surface area contributed by atoms with Gasteiger partial charge in [0.25, 0.3) is 5.91 Å². The van der Waals surface area contributed by atoms with Crippen molar-refractivity contribution in [3.05, 3.63) is 24.3 Å². The van der Waals surface area contributed by atoms with E-state index in [0.29, 0.717) is 24.5 Å². The second-order valence-electron chi connectivity index (χ2n) is 5.38. The van der Waals surface area contributed by atoms with Crippen LogP contribution in [0.4, 0.5) is 0 Å². The van der Waals surface area contributed by atoms with Gasteiger partial charge < -0.3 is 9.47 Å². The van der Waals surface area contributed by atoms with E-state index in [1.807, 2.05) is 6.92 Å². The Hall–Kier alpha value is -1.66. The van der Waals surface area contributed by atoms with E-state index >= 15 is 0 Å². The molecule has 23 heavy (non-hydrogen) atoms. The fraction of sp³-hybridized carbons (Fsp3) is 0.467. The van der Waals surface area contributed by atoms with Gasteiger partial charge in [-0.2, -0.15) is 0 Å². The molecular formula is C15H18Cl2N2O4. The Labute approximate surface area is 144 Å². The summed E-state index contributed by atoms with van der Waals surface area (Å²) in [6, 6.07) is 7.01. The summed E-state index contributed by atoms with van der Waals surface area (Å²) in [5.41, 5.74) is 3.67. The van der Waals surface area contributed by atoms with Crippen LogP contribution in [0, 0.1) is 5.41 Å². The summed E-state index contributed by atoms with van der Waals surface area (Å²) in [4.78, 5) is 23.6. The molecule has 0 aromatic heterocycles. The number of alkyl halides is 2. The summed E-state index contributed by atoms with van der Waals surface area (Å²) in [6.45, 7) is 3.70. The molecule has 1 aromatic carbocycles. The Bertz CT molecular complexity index is 609. The number of benzene rings is 1. The van der Waals surface area contributed by atoms with Gasteiger partial charge in [-0.3, -0.25) is 20.4 Å². The van der Waals surface area contributed by atoms with Gasteiger partial charge in [0.1, 0.15) is 4.33 Å². The molecule has 126 valence electrons. The number of hydrogen-bond donors (Lipinski definition) is 2. The first-order chi connectivity index (χ1) is 10.8. The molecule has 6 nitrogen and oxygen atoms in total. The zero-order valence-electron chi connectivity index (χ0n) is 12.8. The van der Waals surface area contributed by atoms with Crippen molar-refractivity contribution in [3.8, 4) is 11.5 Å². The molecule has 1 saturated carbocycles. The highest BCUT2D eigenvalue weighted by Gasteiger charge is 2.68. The Kier molecular flexibility index (Phi) is 5.26. The van der Waals surface area contributed by atoms with Crippen LogP contribution in [0.15, 0.2) is 24.3 Å². The number of ether oxygens (including phenoxy) is 2. The van der Waals surface area contributed by atoms with E-state index in [0.717, 1.165) is 0 Å². The zero-order chi connectivity index (χ0) is 17.1. The molecule has 0 heterocycles. The molecule has 1 fully saturated rings. The minimum atomic E-state index is -1.09. The van der Waals surface area contributed by atoms with Crippen molar-refractivity contribution in [3.63, 3.8) is 0 Å². The number of hydrazine groups is 1. The number of rotatable bonds is 6. The van der Waals surface area contributed by atoms with Crippen molar-refractivity contribution in [1.29, 1.82) is 0 Å². The lowest BCUT2D eigenvalue weighted by Crippen LogP contribution is -2.47. The van der Waals surface area contributed by atoms with Crippen molar-refractivity contribution >= 4 is 35.0 Å². The van der Waals surface area contributed by atoms with E-state index < -0.39 is 21.6 Å². The predicted molar refractivity (Wildman–Crippen MR) is 86.6 cm³/mol. The van der Waals surface area contributed by atoms with Gasteiger partial charge in [0.15, 0.2) is 18.1 Å². The minimum Gasteiger partial charge on any atom is -0.490 e. The summed E-state index contributed by atoms with van der Waals surface area (Å²) >= 11 is 11.8. The molecule has 0 bridgehead atoms. The van der Waals surface area contributed by atoms with Crippen LogP contribution in [0.1, 0.15) is 20.3 Å². The Balaban J connectivity index is 1.79. The lowest BCUT2D eigenvalue weighted by Gasteiger charge is -2.14. The van der Waals surface area contributed by atoms with Crippen molar-refractivity contribution in [2.24, 2.45) is 5.41 Å². The van der Waals surface area contributed by atoms with Crippen molar-refractivity contribution in [2.75, 3.05) is 13.2 Å². The maximum atomic E-state index is 11.9. The van der Waals surface area contributed by atoms with Crippen LogP contribution < -0.4 is 20.3 Å². The normalized spacial score (nSPS) is 21.2. The second kappa shape index (κ2) is 6.84. The Morgan fingerprint density at radius 3 is 2.26 bits per heavy atom. The van der Waals surface area contributed by atoms with Crippen molar-refractivity contribution < 1.29 is 19.1 Å². The average Bonchev–Trinajstić information content (AvgIpc) is 3.04. The molecule has 2 N–H and O–H groups in total. The van der Waals surface area contributed by atoms with E-state index in [4.69, 9.17) is 32.7 Å². The van der Waals surface area contributed by atoms with Crippen LogP contribution in [0.2, 0.25) is 0 Å². The molecule has 1 atom stereocenters. The first-order valence-electron chi connectivity index (χ1n) is 7.12. The van der Waals surface area contributed by atoms with Gasteiger partial charge in [-0.15, -0.1) is 23.2 Å². The monoisotopic (exact) mass is 360 g/mol. The fourth-order valence-electron chi connectivity index (χ4n) is 1.93. The smallest absolute Gasteiger partial charge is 0.276 e. The predicted octanol–water partition coefficient (Wildman–Crippen LogP) is 2.20. The number of carbonyl (C=O) groups excluding carboxylic acids is 2. The molecule has 1 aromatic rings. The fourth-order valence-corrected chi connectivity index (χ4v) is 2.64. The highest BCUT2D eigenvalue weighted by molar-refractivity contribution is 6.53. The molecule has 1 unspecified atom stereocenters. The molecule has 1 aliphatic rings. The van der Waals surface area contributed by atoms with E-state index in [1.54, 1.807) is 31.2 Å². The van der Waals surface area contributed by atoms with Gasteiger partial charge in [0.2, 0.25) is 5.91 Å². The van der Waals surface area contributed by atoms with Crippen LogP contribution in [-0.2, 0) is 9.59 Å². The van der Waals surface area contributed by atoms with Crippen LogP contribution in [0.5, 0.6) is 11.5 Å². The summed E-state index contributed by atoms with van der Waals surface area (Å²) in [5, 5.41) is 0.